The number of nitrogens with one attached hydrogen (secondary N) is 1. The SMILES string of the molecule is CO[C@@]1(NC(=O)Cc2cccs2)C(=O)N2C(C(=O)O)=C(COC(N)=O)CS[C@@H]21.O=C([O-])c1ccccc1O.[Na+]. The Morgan fingerprint density at radius 1 is 1.23 bits per heavy atom. The Hall–Kier alpha value is -3.08. The molecule has 0 bridgehead atoms. The van der Waals surface area contributed by atoms with Crippen LogP contribution in [0.4, 0.5) is 4.79 Å². The average Bonchev–Trinajstić information content (AvgIpc) is 3.38. The van der Waals surface area contributed by atoms with Crippen molar-refractivity contribution in [2.24, 2.45) is 5.73 Å². The van der Waals surface area contributed by atoms with Crippen molar-refractivity contribution >= 4 is 52.9 Å². The third kappa shape index (κ3) is 7.12. The van der Waals surface area contributed by atoms with Crippen molar-refractivity contribution in [3.8, 4) is 5.75 Å². The summed E-state index contributed by atoms with van der Waals surface area (Å²) in [6.07, 6.45) is -0.973. The maximum atomic E-state index is 12.8. The van der Waals surface area contributed by atoms with Crippen molar-refractivity contribution in [2.75, 3.05) is 19.5 Å². The molecule has 2 aromatic rings. The minimum atomic E-state index is -1.66. The van der Waals surface area contributed by atoms with Gasteiger partial charge in [-0.3, -0.25) is 14.5 Å². The number of carbonyl (C=O) groups excluding carboxylic acids is 4. The molecule has 1 aromatic carbocycles. The van der Waals surface area contributed by atoms with Gasteiger partial charge < -0.3 is 40.6 Å². The van der Waals surface area contributed by atoms with E-state index in [0.29, 0.717) is 0 Å². The van der Waals surface area contributed by atoms with E-state index in [-0.39, 0.29) is 70.9 Å². The molecule has 1 aromatic heterocycles. The van der Waals surface area contributed by atoms with Crippen LogP contribution in [0.2, 0.25) is 0 Å². The molecule has 0 saturated carbocycles. The number of methoxy groups -OCH3 is 1. The summed E-state index contributed by atoms with van der Waals surface area (Å²) < 4.78 is 10.0. The summed E-state index contributed by atoms with van der Waals surface area (Å²) in [6.45, 7) is -0.342. The van der Waals surface area contributed by atoms with E-state index in [4.69, 9.17) is 15.6 Å². The van der Waals surface area contributed by atoms with Crippen molar-refractivity contribution in [1.82, 2.24) is 10.2 Å². The second kappa shape index (κ2) is 13.8. The average molecular weight is 588 g/mol. The number of hydrogen-bond acceptors (Lipinski definition) is 11. The smallest absolute Gasteiger partial charge is 0.545 e. The second-order valence-corrected chi connectivity index (χ2v) is 9.85. The van der Waals surface area contributed by atoms with Crippen LogP contribution in [0.15, 0.2) is 53.0 Å². The molecule has 0 aliphatic carbocycles. The monoisotopic (exact) mass is 587 g/mol. The molecule has 16 heteroatoms. The number of ether oxygens (including phenoxy) is 2. The molecule has 2 atom stereocenters. The number of aromatic carboxylic acids is 1. The van der Waals surface area contributed by atoms with Crippen LogP contribution in [0.5, 0.6) is 5.75 Å². The Morgan fingerprint density at radius 3 is 2.44 bits per heavy atom. The number of fused-ring (bicyclic) bond motifs is 1. The van der Waals surface area contributed by atoms with Crippen LogP contribution in [0, 0.1) is 0 Å². The van der Waals surface area contributed by atoms with Gasteiger partial charge in [0.2, 0.25) is 5.91 Å². The summed E-state index contributed by atoms with van der Waals surface area (Å²) in [7, 11) is 1.27. The van der Waals surface area contributed by atoms with Gasteiger partial charge in [0.25, 0.3) is 11.6 Å². The number of phenols is 1. The van der Waals surface area contributed by atoms with E-state index in [9.17, 15) is 34.2 Å². The fraction of sp³-hybridized carbons (Fsp3) is 0.261. The Balaban J connectivity index is 0.000000410. The number of carbonyl (C=O) groups is 5. The van der Waals surface area contributed by atoms with E-state index in [1.807, 2.05) is 11.4 Å². The molecule has 1 saturated heterocycles. The molecular weight excluding hydrogens is 565 g/mol. The zero-order valence-corrected chi connectivity index (χ0v) is 24.4. The molecule has 39 heavy (non-hydrogen) atoms. The summed E-state index contributed by atoms with van der Waals surface area (Å²) in [4.78, 5) is 59.8. The molecular formula is C23H22N3NaO10S2. The van der Waals surface area contributed by atoms with Gasteiger partial charge in [-0.25, -0.2) is 9.59 Å². The number of hydrogen-bond donors (Lipinski definition) is 4. The normalized spacial score (nSPS) is 19.4. The molecule has 1 fully saturated rings. The number of nitrogens with zero attached hydrogens (tertiary/aromatic N) is 1. The summed E-state index contributed by atoms with van der Waals surface area (Å²) in [6, 6.07) is 9.25. The number of aromatic hydroxyl groups is 1. The molecule has 13 nitrogen and oxygen atoms in total. The number of amides is 3. The standard InChI is InChI=1S/C16H17N3O7S2.C7H6O3.Na/c1-25-16(18-10(20)5-9-3-2-4-27-9)13(23)19-11(12(21)22)8(6-26-15(17)24)7-28-14(16)19;8-6-4-2-1-3-5(6)7(9)10;/h2-4,14H,5-7H2,1H3,(H2,17,24)(H,18,20)(H,21,22);1-4,8H,(H,9,10);/q;;+1/p-1/t14-,16+;;/m1../s1. The van der Waals surface area contributed by atoms with Crippen LogP contribution in [-0.4, -0.2) is 75.5 Å². The fourth-order valence-corrected chi connectivity index (χ4v) is 5.81. The Bertz CT molecular complexity index is 1290. The number of nitrogens with two attached hydrogens (primary N) is 1. The number of carboxylic acid groups (broad SMARTS) is 2. The van der Waals surface area contributed by atoms with E-state index < -0.39 is 40.9 Å². The Morgan fingerprint density at radius 2 is 1.92 bits per heavy atom. The number of thiophene rings is 1. The maximum Gasteiger partial charge on any atom is 1.00 e. The first-order valence-electron chi connectivity index (χ1n) is 10.7. The number of para-hydroxylation sites is 1. The first kappa shape index (κ1) is 32.1. The fourth-order valence-electron chi connectivity index (χ4n) is 3.68. The van der Waals surface area contributed by atoms with E-state index in [1.165, 1.54) is 48.4 Å². The molecule has 202 valence electrons. The van der Waals surface area contributed by atoms with E-state index in [2.05, 4.69) is 10.1 Å². The minimum absolute atomic E-state index is 0. The summed E-state index contributed by atoms with van der Waals surface area (Å²) >= 11 is 2.60. The molecule has 2 aliphatic rings. The van der Waals surface area contributed by atoms with Crippen LogP contribution in [0.1, 0.15) is 15.2 Å². The topological polar surface area (TPSA) is 209 Å². The van der Waals surface area contributed by atoms with Gasteiger partial charge in [0.15, 0.2) is 0 Å². The largest absolute Gasteiger partial charge is 1.00 e. The predicted molar refractivity (Wildman–Crippen MR) is 132 cm³/mol. The van der Waals surface area contributed by atoms with Crippen LogP contribution in [0.25, 0.3) is 0 Å². The van der Waals surface area contributed by atoms with E-state index in [0.717, 1.165) is 9.78 Å². The third-order valence-electron chi connectivity index (χ3n) is 5.39. The van der Waals surface area contributed by atoms with Gasteiger partial charge in [-0.2, -0.15) is 0 Å². The molecule has 0 unspecified atom stereocenters. The number of β-lactam (4-membered cyclic amide) rings is 1. The molecule has 5 N–H and O–H groups in total. The number of carboxylic acids is 2. The molecule has 0 spiro atoms. The number of thioether (sulfide) groups is 1. The van der Waals surface area contributed by atoms with Gasteiger partial charge in [-0.15, -0.1) is 23.1 Å². The van der Waals surface area contributed by atoms with Gasteiger partial charge in [0.1, 0.15) is 23.4 Å². The molecule has 4 rings (SSSR count). The Labute approximate surface area is 252 Å². The summed E-state index contributed by atoms with van der Waals surface area (Å²) in [5, 5.41) is 32.2. The quantitative estimate of drug-likeness (QED) is 0.138. The van der Waals surface area contributed by atoms with E-state index in [1.54, 1.807) is 12.1 Å². The second-order valence-electron chi connectivity index (χ2n) is 7.75. The Kier molecular flexibility index (Phi) is 11.4. The van der Waals surface area contributed by atoms with Gasteiger partial charge in [-0.05, 0) is 23.6 Å². The van der Waals surface area contributed by atoms with E-state index >= 15 is 0 Å². The first-order valence-corrected chi connectivity index (χ1v) is 12.6. The van der Waals surface area contributed by atoms with Crippen LogP contribution >= 0.6 is 23.1 Å². The summed E-state index contributed by atoms with van der Waals surface area (Å²) in [5.74, 6) is -3.94. The number of benzene rings is 1. The van der Waals surface area contributed by atoms with Crippen LogP contribution in [-0.2, 0) is 30.3 Å². The predicted octanol–water partition coefficient (Wildman–Crippen LogP) is -3.14. The first-order chi connectivity index (χ1) is 18.0. The number of primary amides is 1. The van der Waals surface area contributed by atoms with Crippen molar-refractivity contribution in [2.45, 2.75) is 17.5 Å². The van der Waals surface area contributed by atoms with Gasteiger partial charge >= 0.3 is 41.6 Å². The zero-order valence-electron chi connectivity index (χ0n) is 20.7. The molecule has 3 heterocycles. The molecule has 2 aliphatic heterocycles. The zero-order chi connectivity index (χ0) is 28.0. The minimum Gasteiger partial charge on any atom is -0.545 e. The van der Waals surface area contributed by atoms with Crippen LogP contribution < -0.4 is 45.7 Å². The molecule has 0 radical (unpaired) electrons. The third-order valence-corrected chi connectivity index (χ3v) is 7.64. The van der Waals surface area contributed by atoms with Crippen molar-refractivity contribution in [3.05, 3.63) is 63.5 Å². The number of aliphatic carboxylic acids is 1. The maximum absolute atomic E-state index is 12.8. The van der Waals surface area contributed by atoms with Crippen LogP contribution in [0.3, 0.4) is 0 Å². The van der Waals surface area contributed by atoms with Gasteiger partial charge in [0, 0.05) is 28.9 Å². The molecule has 3 amide bonds. The van der Waals surface area contributed by atoms with Crippen molar-refractivity contribution < 1.29 is 78.3 Å². The number of rotatable bonds is 8. The van der Waals surface area contributed by atoms with Crippen molar-refractivity contribution in [1.29, 1.82) is 0 Å². The van der Waals surface area contributed by atoms with Gasteiger partial charge in [0.05, 0.1) is 12.4 Å². The van der Waals surface area contributed by atoms with Gasteiger partial charge in [-0.1, -0.05) is 18.2 Å². The summed E-state index contributed by atoms with van der Waals surface area (Å²) in [5.41, 5.74) is 3.02. The van der Waals surface area contributed by atoms with Crippen molar-refractivity contribution in [3.63, 3.8) is 0 Å².